The van der Waals surface area contributed by atoms with Crippen LogP contribution < -0.4 is 25.4 Å². The number of anilines is 1. The minimum absolute atomic E-state index is 0.0235. The minimum atomic E-state index is -4.64. The summed E-state index contributed by atoms with van der Waals surface area (Å²) in [6.07, 6.45) is 0.489. The van der Waals surface area contributed by atoms with E-state index in [1.54, 1.807) is 18.3 Å². The largest absolute Gasteiger partial charge is 0.480 e. The SMILES string of the molecule is CCn1c(=O)/c(=C/Nc2ccc3c(ccn3C3CCN(CC(=O)O)CC3)c2)s/c1=C(\C#N)C(=O)NCC(F)(F)F. The minimum Gasteiger partial charge on any atom is -0.480 e. The molecule has 0 aliphatic carbocycles. The summed E-state index contributed by atoms with van der Waals surface area (Å²) in [6, 6.07) is 9.56. The Kier molecular flexibility index (Phi) is 8.65. The molecule has 3 aromatic rings. The van der Waals surface area contributed by atoms with E-state index >= 15 is 0 Å². The maximum Gasteiger partial charge on any atom is 0.405 e. The van der Waals surface area contributed by atoms with E-state index in [1.807, 2.05) is 35.4 Å². The van der Waals surface area contributed by atoms with Gasteiger partial charge in [-0.2, -0.15) is 18.4 Å². The molecule has 1 saturated heterocycles. The number of halogens is 3. The molecule has 1 aliphatic heterocycles. The predicted octanol–water partition coefficient (Wildman–Crippen LogP) is 1.81. The molecule has 1 fully saturated rings. The molecule has 0 bridgehead atoms. The molecule has 1 aliphatic rings. The van der Waals surface area contributed by atoms with E-state index in [-0.39, 0.29) is 28.3 Å². The number of carbonyl (C=O) groups is 2. The number of nitrogens with zero attached hydrogens (tertiary/aromatic N) is 4. The number of fused-ring (bicyclic) bond motifs is 1. The Hall–Kier alpha value is -4.09. The molecule has 2 aromatic heterocycles. The van der Waals surface area contributed by atoms with Crippen LogP contribution in [0.5, 0.6) is 0 Å². The van der Waals surface area contributed by atoms with Crippen molar-refractivity contribution < 1.29 is 27.9 Å². The zero-order valence-electron chi connectivity index (χ0n) is 21.5. The Balaban J connectivity index is 1.56. The van der Waals surface area contributed by atoms with E-state index in [4.69, 9.17) is 5.11 Å². The van der Waals surface area contributed by atoms with Crippen molar-refractivity contribution in [3.05, 3.63) is 50.0 Å². The van der Waals surface area contributed by atoms with Crippen LogP contribution in [-0.2, 0) is 16.1 Å². The molecule has 10 nitrogen and oxygen atoms in total. The van der Waals surface area contributed by atoms with Gasteiger partial charge in [0.25, 0.3) is 11.5 Å². The van der Waals surface area contributed by atoms with Gasteiger partial charge in [0.2, 0.25) is 0 Å². The highest BCUT2D eigenvalue weighted by molar-refractivity contribution is 7.07. The summed E-state index contributed by atoms with van der Waals surface area (Å²) in [5.74, 6) is -2.03. The van der Waals surface area contributed by atoms with E-state index in [1.165, 1.54) is 10.8 Å². The molecule has 0 saturated carbocycles. The van der Waals surface area contributed by atoms with Crippen LogP contribution >= 0.6 is 11.3 Å². The number of hydrogen-bond donors (Lipinski definition) is 3. The summed E-state index contributed by atoms with van der Waals surface area (Å²) in [5, 5.41) is 24.2. The van der Waals surface area contributed by atoms with Crippen LogP contribution in [0.15, 0.2) is 35.3 Å². The Morgan fingerprint density at radius 2 is 1.98 bits per heavy atom. The fourth-order valence-electron chi connectivity index (χ4n) is 4.73. The average Bonchev–Trinajstić information content (AvgIpc) is 3.46. The van der Waals surface area contributed by atoms with Gasteiger partial charge in [0.05, 0.1) is 6.54 Å². The molecule has 212 valence electrons. The third-order valence-electron chi connectivity index (χ3n) is 6.63. The number of carboxylic acids is 1. The van der Waals surface area contributed by atoms with Crippen molar-refractivity contribution >= 4 is 51.6 Å². The van der Waals surface area contributed by atoms with Gasteiger partial charge in [0.1, 0.15) is 21.8 Å². The molecular weight excluding hydrogens is 549 g/mol. The molecule has 3 heterocycles. The lowest BCUT2D eigenvalue weighted by Crippen LogP contribution is -2.37. The van der Waals surface area contributed by atoms with Crippen LogP contribution in [0, 0.1) is 11.3 Å². The third-order valence-corrected chi connectivity index (χ3v) is 7.76. The van der Waals surface area contributed by atoms with Gasteiger partial charge in [0.15, 0.2) is 5.57 Å². The highest BCUT2D eigenvalue weighted by Gasteiger charge is 2.29. The Morgan fingerprint density at radius 3 is 2.60 bits per heavy atom. The van der Waals surface area contributed by atoms with Gasteiger partial charge in [-0.05, 0) is 44.0 Å². The normalized spacial score (nSPS) is 16.1. The van der Waals surface area contributed by atoms with Crippen molar-refractivity contribution in [2.45, 2.75) is 38.5 Å². The first-order valence-electron chi connectivity index (χ1n) is 12.5. The van der Waals surface area contributed by atoms with Gasteiger partial charge in [-0.1, -0.05) is 0 Å². The highest BCUT2D eigenvalue weighted by Crippen LogP contribution is 2.29. The van der Waals surface area contributed by atoms with Gasteiger partial charge in [-0.15, -0.1) is 11.3 Å². The number of likely N-dealkylation sites (tertiary alicyclic amines) is 1. The van der Waals surface area contributed by atoms with E-state index in [0.29, 0.717) is 18.8 Å². The number of benzene rings is 1. The highest BCUT2D eigenvalue weighted by atomic mass is 32.1. The second-order valence-corrected chi connectivity index (χ2v) is 10.3. The van der Waals surface area contributed by atoms with Gasteiger partial charge in [-0.3, -0.25) is 23.9 Å². The molecule has 1 aromatic carbocycles. The molecule has 0 atom stereocenters. The van der Waals surface area contributed by atoms with Crippen LogP contribution in [0.1, 0.15) is 25.8 Å². The van der Waals surface area contributed by atoms with Gasteiger partial charge in [0, 0.05) is 54.7 Å². The zero-order valence-corrected chi connectivity index (χ0v) is 22.3. The van der Waals surface area contributed by atoms with Crippen molar-refractivity contribution in [1.29, 1.82) is 5.26 Å². The summed E-state index contributed by atoms with van der Waals surface area (Å²) in [4.78, 5) is 38.1. The number of carboxylic acid groups (broad SMARTS) is 1. The standard InChI is InChI=1S/C26H27F3N6O4S/c1-2-34-24(39)21(40-25(34)19(12-30)23(38)32-15-26(27,28)29)13-31-17-3-4-20-16(11-17)5-10-35(20)18-6-8-33(9-7-18)14-22(36)37/h3-5,10-11,13,18,31H,2,6-9,14-15H2,1H3,(H,32,38)(H,36,37)/b21-13-,25-19+. The predicted molar refractivity (Wildman–Crippen MR) is 144 cm³/mol. The van der Waals surface area contributed by atoms with Gasteiger partial charge >= 0.3 is 12.1 Å². The zero-order chi connectivity index (χ0) is 29.0. The fraction of sp³-hybridized carbons (Fsp3) is 0.385. The molecule has 14 heteroatoms. The van der Waals surface area contributed by atoms with Crippen molar-refractivity contribution in [1.82, 2.24) is 19.4 Å². The summed E-state index contributed by atoms with van der Waals surface area (Å²) in [7, 11) is 0. The first kappa shape index (κ1) is 28.9. The Morgan fingerprint density at radius 1 is 1.25 bits per heavy atom. The summed E-state index contributed by atoms with van der Waals surface area (Å²) >= 11 is 0.841. The average molecular weight is 577 g/mol. The second-order valence-electron chi connectivity index (χ2n) is 9.29. The lowest BCUT2D eigenvalue weighted by atomic mass is 10.0. The maximum absolute atomic E-state index is 12.9. The quantitative estimate of drug-likeness (QED) is 0.373. The molecule has 0 spiro atoms. The van der Waals surface area contributed by atoms with Crippen molar-refractivity contribution in [2.75, 3.05) is 31.5 Å². The number of piperidine rings is 1. The van der Waals surface area contributed by atoms with Crippen LogP contribution in [-0.4, -0.2) is 63.4 Å². The lowest BCUT2D eigenvalue weighted by Gasteiger charge is -2.32. The van der Waals surface area contributed by atoms with Gasteiger partial charge < -0.3 is 20.3 Å². The first-order valence-corrected chi connectivity index (χ1v) is 13.3. The number of aromatic nitrogens is 2. The van der Waals surface area contributed by atoms with E-state index in [9.17, 15) is 32.8 Å². The van der Waals surface area contributed by atoms with E-state index in [2.05, 4.69) is 9.88 Å². The third kappa shape index (κ3) is 6.54. The van der Waals surface area contributed by atoms with Crippen molar-refractivity contribution in [3.8, 4) is 6.07 Å². The molecule has 0 radical (unpaired) electrons. The molecule has 3 N–H and O–H groups in total. The lowest BCUT2D eigenvalue weighted by molar-refractivity contribution is -0.138. The molecular formula is C26H27F3N6O4S. The number of nitriles is 1. The number of nitrogens with one attached hydrogen (secondary N) is 2. The molecule has 40 heavy (non-hydrogen) atoms. The number of rotatable bonds is 8. The van der Waals surface area contributed by atoms with Crippen LogP contribution in [0.2, 0.25) is 0 Å². The second kappa shape index (κ2) is 12.0. The summed E-state index contributed by atoms with van der Waals surface area (Å²) in [5.41, 5.74) is 0.663. The molecule has 0 unspecified atom stereocenters. The van der Waals surface area contributed by atoms with E-state index in [0.717, 1.165) is 35.1 Å². The fourth-order valence-corrected chi connectivity index (χ4v) is 5.81. The van der Waals surface area contributed by atoms with Gasteiger partial charge in [-0.25, -0.2) is 0 Å². The number of alkyl halides is 3. The first-order chi connectivity index (χ1) is 19.0. The number of amides is 1. The van der Waals surface area contributed by atoms with Crippen molar-refractivity contribution in [2.24, 2.45) is 0 Å². The Bertz CT molecular complexity index is 1640. The molecule has 4 rings (SSSR count). The maximum atomic E-state index is 12.9. The van der Waals surface area contributed by atoms with E-state index < -0.39 is 35.7 Å². The molecule has 1 amide bonds. The topological polar surface area (TPSA) is 132 Å². The van der Waals surface area contributed by atoms with Crippen LogP contribution in [0.4, 0.5) is 18.9 Å². The Labute approximate surface area is 230 Å². The summed E-state index contributed by atoms with van der Waals surface area (Å²) < 4.78 is 41.1. The van der Waals surface area contributed by atoms with Crippen LogP contribution in [0.3, 0.4) is 0 Å². The van der Waals surface area contributed by atoms with Crippen LogP contribution in [0.25, 0.3) is 22.7 Å². The number of carbonyl (C=O) groups excluding carboxylic acids is 1. The monoisotopic (exact) mass is 576 g/mol. The summed E-state index contributed by atoms with van der Waals surface area (Å²) in [6.45, 7) is 1.61. The number of thiazole rings is 1. The number of hydrogen-bond acceptors (Lipinski definition) is 7. The smallest absolute Gasteiger partial charge is 0.405 e. The van der Waals surface area contributed by atoms with Crippen molar-refractivity contribution in [3.63, 3.8) is 0 Å². The number of aliphatic carboxylic acids is 1.